The van der Waals surface area contributed by atoms with Crippen molar-refractivity contribution in [3.8, 4) is 0 Å². The highest BCUT2D eigenvalue weighted by molar-refractivity contribution is 7.99. The topological polar surface area (TPSA) is 73.4 Å². The minimum Gasteiger partial charge on any atom is -0.390 e. The Kier molecular flexibility index (Phi) is 3.82. The van der Waals surface area contributed by atoms with Gasteiger partial charge in [0.2, 0.25) is 10.0 Å². The predicted molar refractivity (Wildman–Crippen MR) is 67.4 cm³/mol. The van der Waals surface area contributed by atoms with E-state index in [1.165, 1.54) is 16.6 Å². The van der Waals surface area contributed by atoms with Gasteiger partial charge in [-0.3, -0.25) is 0 Å². The van der Waals surface area contributed by atoms with E-state index in [0.29, 0.717) is 5.69 Å². The number of hydrogen-bond acceptors (Lipinski definition) is 4. The number of rotatable bonds is 4. The molecule has 1 aromatic heterocycles. The van der Waals surface area contributed by atoms with Gasteiger partial charge in [0.25, 0.3) is 0 Å². The Morgan fingerprint density at radius 3 is 2.94 bits per heavy atom. The molecule has 1 fully saturated rings. The summed E-state index contributed by atoms with van der Waals surface area (Å²) in [6.45, 7) is -0.182. The Hall–Kier alpha value is -0.500. The summed E-state index contributed by atoms with van der Waals surface area (Å²) in [5.74, 6) is 1.87. The normalized spacial score (nSPS) is 21.2. The maximum absolute atomic E-state index is 12.3. The maximum atomic E-state index is 12.3. The molecule has 0 spiro atoms. The SMILES string of the molecule is CN(C1CCSC1)S(=O)(=O)c1c[nH]c(CO)c1. The second-order valence-corrected chi connectivity index (χ2v) is 7.20. The van der Waals surface area contributed by atoms with Crippen LogP contribution in [0.5, 0.6) is 0 Å². The van der Waals surface area contributed by atoms with Gasteiger partial charge in [-0.2, -0.15) is 16.1 Å². The summed E-state index contributed by atoms with van der Waals surface area (Å²) in [5.41, 5.74) is 0.512. The monoisotopic (exact) mass is 276 g/mol. The Morgan fingerprint density at radius 2 is 2.41 bits per heavy atom. The van der Waals surface area contributed by atoms with Crippen LogP contribution in [0.4, 0.5) is 0 Å². The number of thioether (sulfide) groups is 1. The van der Waals surface area contributed by atoms with Gasteiger partial charge < -0.3 is 10.1 Å². The molecule has 1 aromatic rings. The molecule has 1 unspecified atom stereocenters. The lowest BCUT2D eigenvalue weighted by Crippen LogP contribution is -2.36. The van der Waals surface area contributed by atoms with Crippen LogP contribution in [-0.2, 0) is 16.6 Å². The zero-order valence-electron chi connectivity index (χ0n) is 9.59. The van der Waals surface area contributed by atoms with Gasteiger partial charge >= 0.3 is 0 Å². The van der Waals surface area contributed by atoms with Crippen LogP contribution in [0.15, 0.2) is 17.2 Å². The van der Waals surface area contributed by atoms with Crippen LogP contribution in [0, 0.1) is 0 Å². The zero-order chi connectivity index (χ0) is 12.5. The lowest BCUT2D eigenvalue weighted by molar-refractivity contribution is 0.277. The number of nitrogens with zero attached hydrogens (tertiary/aromatic N) is 1. The molecule has 2 heterocycles. The molecule has 1 saturated heterocycles. The molecule has 2 rings (SSSR count). The first kappa shape index (κ1) is 12.9. The van der Waals surface area contributed by atoms with Crippen LogP contribution in [-0.4, -0.2) is 47.4 Å². The summed E-state index contributed by atoms with van der Waals surface area (Å²) >= 11 is 1.78. The molecule has 0 bridgehead atoms. The molecule has 0 aliphatic carbocycles. The summed E-state index contributed by atoms with van der Waals surface area (Å²) in [6.07, 6.45) is 2.33. The van der Waals surface area contributed by atoms with E-state index >= 15 is 0 Å². The number of H-pyrrole nitrogens is 1. The fourth-order valence-electron chi connectivity index (χ4n) is 1.83. The highest BCUT2D eigenvalue weighted by Gasteiger charge is 2.30. The van der Waals surface area contributed by atoms with Gasteiger partial charge in [-0.15, -0.1) is 0 Å². The van der Waals surface area contributed by atoms with Crippen LogP contribution < -0.4 is 0 Å². The number of aromatic amines is 1. The standard InChI is InChI=1S/C10H16N2O3S2/c1-12(9-2-3-16-7-9)17(14,15)10-4-8(6-13)11-5-10/h4-5,9,11,13H,2-3,6-7H2,1H3. The third kappa shape index (κ3) is 2.52. The molecule has 1 atom stereocenters. The third-order valence-electron chi connectivity index (χ3n) is 2.98. The minimum atomic E-state index is -3.43. The smallest absolute Gasteiger partial charge is 0.244 e. The van der Waals surface area contributed by atoms with E-state index in [1.54, 1.807) is 18.8 Å². The first-order chi connectivity index (χ1) is 8.05. The number of sulfonamides is 1. The Balaban J connectivity index is 2.22. The van der Waals surface area contributed by atoms with E-state index in [9.17, 15) is 8.42 Å². The van der Waals surface area contributed by atoms with E-state index < -0.39 is 10.0 Å². The summed E-state index contributed by atoms with van der Waals surface area (Å²) in [6, 6.07) is 1.56. The van der Waals surface area contributed by atoms with Crippen molar-refractivity contribution in [2.75, 3.05) is 18.6 Å². The summed E-state index contributed by atoms with van der Waals surface area (Å²) in [7, 11) is -1.81. The van der Waals surface area contributed by atoms with E-state index in [4.69, 9.17) is 5.11 Å². The van der Waals surface area contributed by atoms with Crippen LogP contribution >= 0.6 is 11.8 Å². The second-order valence-electron chi connectivity index (χ2n) is 4.06. The minimum absolute atomic E-state index is 0.0810. The highest BCUT2D eigenvalue weighted by atomic mass is 32.2. The van der Waals surface area contributed by atoms with Gasteiger partial charge in [0.1, 0.15) is 0 Å². The van der Waals surface area contributed by atoms with Crippen LogP contribution in [0.25, 0.3) is 0 Å². The average Bonchev–Trinajstić information content (AvgIpc) is 2.98. The molecule has 0 aromatic carbocycles. The summed E-state index contributed by atoms with van der Waals surface area (Å²) in [5, 5.41) is 8.92. The van der Waals surface area contributed by atoms with Gasteiger partial charge in [-0.25, -0.2) is 8.42 Å². The van der Waals surface area contributed by atoms with Crippen LogP contribution in [0.2, 0.25) is 0 Å². The lowest BCUT2D eigenvalue weighted by Gasteiger charge is -2.22. The van der Waals surface area contributed by atoms with Crippen LogP contribution in [0.1, 0.15) is 12.1 Å². The number of hydrogen-bond donors (Lipinski definition) is 2. The van der Waals surface area contributed by atoms with Gasteiger partial charge in [0, 0.05) is 30.7 Å². The van der Waals surface area contributed by atoms with Crippen LogP contribution in [0.3, 0.4) is 0 Å². The van der Waals surface area contributed by atoms with Crippen molar-refractivity contribution in [1.82, 2.24) is 9.29 Å². The third-order valence-corrected chi connectivity index (χ3v) is 6.02. The molecular weight excluding hydrogens is 260 g/mol. The average molecular weight is 276 g/mol. The number of aliphatic hydroxyl groups is 1. The molecule has 1 aliphatic rings. The highest BCUT2D eigenvalue weighted by Crippen LogP contribution is 2.26. The van der Waals surface area contributed by atoms with E-state index in [2.05, 4.69) is 4.98 Å². The van der Waals surface area contributed by atoms with E-state index in [-0.39, 0.29) is 17.5 Å². The van der Waals surface area contributed by atoms with Crippen molar-refractivity contribution in [3.05, 3.63) is 18.0 Å². The fraction of sp³-hybridized carbons (Fsp3) is 0.600. The first-order valence-electron chi connectivity index (χ1n) is 5.39. The predicted octanol–water partition coefficient (Wildman–Crippen LogP) is 0.633. The van der Waals surface area contributed by atoms with E-state index in [0.717, 1.165) is 17.9 Å². The van der Waals surface area contributed by atoms with Gasteiger partial charge in [0.15, 0.2) is 0 Å². The van der Waals surface area contributed by atoms with Crippen molar-refractivity contribution in [3.63, 3.8) is 0 Å². The molecule has 96 valence electrons. The van der Waals surface area contributed by atoms with Crippen molar-refractivity contribution < 1.29 is 13.5 Å². The molecule has 0 saturated carbocycles. The zero-order valence-corrected chi connectivity index (χ0v) is 11.2. The number of aliphatic hydroxyl groups excluding tert-OH is 1. The van der Waals surface area contributed by atoms with E-state index in [1.807, 2.05) is 0 Å². The maximum Gasteiger partial charge on any atom is 0.244 e. The Labute approximate surface area is 105 Å². The molecule has 17 heavy (non-hydrogen) atoms. The van der Waals surface area contributed by atoms with Gasteiger partial charge in [-0.05, 0) is 18.2 Å². The molecule has 1 aliphatic heterocycles. The quantitative estimate of drug-likeness (QED) is 0.846. The number of aromatic nitrogens is 1. The van der Waals surface area contributed by atoms with Crippen molar-refractivity contribution in [2.24, 2.45) is 0 Å². The van der Waals surface area contributed by atoms with Crippen molar-refractivity contribution >= 4 is 21.8 Å². The summed E-state index contributed by atoms with van der Waals surface area (Å²) in [4.78, 5) is 2.97. The molecule has 7 heteroatoms. The molecule has 5 nitrogen and oxygen atoms in total. The van der Waals surface area contributed by atoms with Crippen molar-refractivity contribution in [1.29, 1.82) is 0 Å². The van der Waals surface area contributed by atoms with Crippen molar-refractivity contribution in [2.45, 2.75) is 24.0 Å². The molecule has 0 radical (unpaired) electrons. The lowest BCUT2D eigenvalue weighted by atomic mass is 10.3. The molecule has 2 N–H and O–H groups in total. The Bertz CT molecular complexity index is 477. The van der Waals surface area contributed by atoms with Gasteiger partial charge in [-0.1, -0.05) is 0 Å². The fourth-order valence-corrected chi connectivity index (χ4v) is 4.60. The molecular formula is C10H16N2O3S2. The van der Waals surface area contributed by atoms with Gasteiger partial charge in [0.05, 0.1) is 11.5 Å². The first-order valence-corrected chi connectivity index (χ1v) is 7.99. The second kappa shape index (κ2) is 5.01. The number of nitrogens with one attached hydrogen (secondary N) is 1. The Morgan fingerprint density at radius 1 is 1.65 bits per heavy atom. The molecule has 0 amide bonds. The largest absolute Gasteiger partial charge is 0.390 e. The summed E-state index contributed by atoms with van der Waals surface area (Å²) < 4.78 is 26.0.